The molecule has 0 radical (unpaired) electrons. The van der Waals surface area contributed by atoms with E-state index in [1.54, 1.807) is 0 Å². The first-order chi connectivity index (χ1) is 9.66. The molecule has 2 nitrogen and oxygen atoms in total. The van der Waals surface area contributed by atoms with E-state index in [4.69, 9.17) is 4.84 Å². The first-order valence-corrected chi connectivity index (χ1v) is 7.89. The van der Waals surface area contributed by atoms with Crippen molar-refractivity contribution in [3.05, 3.63) is 35.9 Å². The van der Waals surface area contributed by atoms with E-state index in [0.29, 0.717) is 18.4 Å². The van der Waals surface area contributed by atoms with Crippen molar-refractivity contribution in [3.8, 4) is 0 Å². The van der Waals surface area contributed by atoms with Crippen molar-refractivity contribution in [2.75, 3.05) is 6.61 Å². The summed E-state index contributed by atoms with van der Waals surface area (Å²) in [6.07, 6.45) is 4.62. The van der Waals surface area contributed by atoms with Crippen LogP contribution in [-0.4, -0.2) is 12.3 Å². The Morgan fingerprint density at radius 2 is 1.95 bits per heavy atom. The fraction of sp³-hybridized carbons (Fsp3) is 0.611. The predicted octanol–water partition coefficient (Wildman–Crippen LogP) is 4.69. The highest BCUT2D eigenvalue weighted by Gasteiger charge is 2.27. The highest BCUT2D eigenvalue weighted by molar-refractivity contribution is 5.87. The number of oxime groups is 1. The number of benzene rings is 1. The molecule has 110 valence electrons. The molecule has 2 rings (SSSR count). The van der Waals surface area contributed by atoms with Gasteiger partial charge in [-0.3, -0.25) is 0 Å². The van der Waals surface area contributed by atoms with Gasteiger partial charge in [-0.15, -0.1) is 0 Å². The van der Waals surface area contributed by atoms with Crippen molar-refractivity contribution in [3.63, 3.8) is 0 Å². The molecule has 1 saturated carbocycles. The lowest BCUT2D eigenvalue weighted by Gasteiger charge is -2.30. The Balaban J connectivity index is 1.85. The zero-order valence-electron chi connectivity index (χ0n) is 13.0. The SMILES string of the molecule is CC(C)[C@@H]1CC[C@@H](C)C/C1=N/OCCc1ccccc1. The van der Waals surface area contributed by atoms with Gasteiger partial charge in [0.2, 0.25) is 0 Å². The molecule has 20 heavy (non-hydrogen) atoms. The third-order valence-corrected chi connectivity index (χ3v) is 4.27. The lowest BCUT2D eigenvalue weighted by atomic mass is 9.76. The van der Waals surface area contributed by atoms with Crippen molar-refractivity contribution >= 4 is 5.71 Å². The third-order valence-electron chi connectivity index (χ3n) is 4.27. The first kappa shape index (κ1) is 15.1. The molecular weight excluding hydrogens is 246 g/mol. The predicted molar refractivity (Wildman–Crippen MR) is 84.9 cm³/mol. The summed E-state index contributed by atoms with van der Waals surface area (Å²) in [4.78, 5) is 5.59. The Labute approximate surface area is 123 Å². The average molecular weight is 273 g/mol. The second kappa shape index (κ2) is 7.47. The number of rotatable bonds is 5. The van der Waals surface area contributed by atoms with Crippen LogP contribution in [0.15, 0.2) is 35.5 Å². The fourth-order valence-electron chi connectivity index (χ4n) is 3.00. The van der Waals surface area contributed by atoms with Crippen LogP contribution in [0.4, 0.5) is 0 Å². The fourth-order valence-corrected chi connectivity index (χ4v) is 3.00. The van der Waals surface area contributed by atoms with E-state index in [9.17, 15) is 0 Å². The molecule has 1 aromatic carbocycles. The maximum Gasteiger partial charge on any atom is 0.121 e. The van der Waals surface area contributed by atoms with Crippen molar-refractivity contribution in [2.45, 2.75) is 46.5 Å². The largest absolute Gasteiger partial charge is 0.395 e. The van der Waals surface area contributed by atoms with Crippen molar-refractivity contribution < 1.29 is 4.84 Å². The van der Waals surface area contributed by atoms with Gasteiger partial charge in [-0.05, 0) is 36.7 Å². The standard InChI is InChI=1S/C18H27NO/c1-14(2)17-10-9-15(3)13-18(17)19-20-12-11-16-7-5-4-6-8-16/h4-8,14-15,17H,9-13H2,1-3H3/b19-18-/t15-,17+/m1/s1. The minimum Gasteiger partial charge on any atom is -0.395 e. The van der Waals surface area contributed by atoms with Crippen molar-refractivity contribution in [1.29, 1.82) is 0 Å². The maximum atomic E-state index is 5.59. The number of nitrogens with zero attached hydrogens (tertiary/aromatic N) is 1. The molecule has 0 saturated heterocycles. The van der Waals surface area contributed by atoms with Crippen LogP contribution >= 0.6 is 0 Å². The summed E-state index contributed by atoms with van der Waals surface area (Å²) in [6.45, 7) is 7.57. The second-order valence-electron chi connectivity index (χ2n) is 6.39. The summed E-state index contributed by atoms with van der Waals surface area (Å²) in [7, 11) is 0. The normalized spacial score (nSPS) is 25.1. The van der Waals surface area contributed by atoms with Crippen LogP contribution in [0.3, 0.4) is 0 Å². The summed E-state index contributed by atoms with van der Waals surface area (Å²) < 4.78 is 0. The summed E-state index contributed by atoms with van der Waals surface area (Å²) in [6, 6.07) is 10.4. The van der Waals surface area contributed by atoms with Gasteiger partial charge < -0.3 is 4.84 Å². The van der Waals surface area contributed by atoms with E-state index in [-0.39, 0.29) is 0 Å². The average Bonchev–Trinajstić information content (AvgIpc) is 2.44. The van der Waals surface area contributed by atoms with Crippen LogP contribution in [-0.2, 0) is 11.3 Å². The Morgan fingerprint density at radius 3 is 2.65 bits per heavy atom. The minimum absolute atomic E-state index is 0.614. The smallest absolute Gasteiger partial charge is 0.121 e. The number of hydrogen-bond donors (Lipinski definition) is 0. The van der Waals surface area contributed by atoms with Crippen LogP contribution in [0.25, 0.3) is 0 Å². The maximum absolute atomic E-state index is 5.59. The van der Waals surface area contributed by atoms with Gasteiger partial charge in [0.15, 0.2) is 0 Å². The van der Waals surface area contributed by atoms with Crippen LogP contribution in [0.1, 0.15) is 45.6 Å². The molecule has 0 unspecified atom stereocenters. The number of hydrogen-bond acceptors (Lipinski definition) is 2. The molecule has 1 aromatic rings. The lowest BCUT2D eigenvalue weighted by Crippen LogP contribution is -2.28. The van der Waals surface area contributed by atoms with Gasteiger partial charge in [0.1, 0.15) is 6.61 Å². The zero-order valence-corrected chi connectivity index (χ0v) is 13.0. The van der Waals surface area contributed by atoms with Crippen LogP contribution in [0, 0.1) is 17.8 Å². The molecule has 2 heteroatoms. The first-order valence-electron chi connectivity index (χ1n) is 7.89. The van der Waals surface area contributed by atoms with Gasteiger partial charge in [-0.1, -0.05) is 56.3 Å². The Morgan fingerprint density at radius 1 is 1.20 bits per heavy atom. The molecule has 1 aliphatic carbocycles. The van der Waals surface area contributed by atoms with Crippen molar-refractivity contribution in [1.82, 2.24) is 0 Å². The van der Waals surface area contributed by atoms with Gasteiger partial charge in [0.25, 0.3) is 0 Å². The molecule has 1 fully saturated rings. The molecular formula is C18H27NO. The van der Waals surface area contributed by atoms with Gasteiger partial charge in [-0.2, -0.15) is 0 Å². The van der Waals surface area contributed by atoms with Gasteiger partial charge in [0, 0.05) is 12.3 Å². The molecule has 0 N–H and O–H groups in total. The van der Waals surface area contributed by atoms with E-state index >= 15 is 0 Å². The van der Waals surface area contributed by atoms with E-state index in [1.807, 2.05) is 6.07 Å². The Hall–Kier alpha value is -1.31. The molecule has 0 spiro atoms. The van der Waals surface area contributed by atoms with Gasteiger partial charge in [0.05, 0.1) is 5.71 Å². The monoisotopic (exact) mass is 273 g/mol. The molecule has 1 aliphatic rings. The molecule has 0 aromatic heterocycles. The Bertz CT molecular complexity index is 424. The molecule has 0 amide bonds. The molecule has 0 aliphatic heterocycles. The summed E-state index contributed by atoms with van der Waals surface area (Å²) in [5, 5.41) is 4.47. The topological polar surface area (TPSA) is 21.6 Å². The highest BCUT2D eigenvalue weighted by Crippen LogP contribution is 2.31. The van der Waals surface area contributed by atoms with E-state index in [2.05, 4.69) is 50.2 Å². The third kappa shape index (κ3) is 4.36. The van der Waals surface area contributed by atoms with Crippen LogP contribution < -0.4 is 0 Å². The lowest BCUT2D eigenvalue weighted by molar-refractivity contribution is 0.142. The molecule has 2 atom stereocenters. The second-order valence-corrected chi connectivity index (χ2v) is 6.39. The summed E-state index contributed by atoms with van der Waals surface area (Å²) in [5.74, 6) is 2.03. The zero-order chi connectivity index (χ0) is 14.4. The highest BCUT2D eigenvalue weighted by atomic mass is 16.6. The quantitative estimate of drug-likeness (QED) is 0.563. The Kier molecular flexibility index (Phi) is 5.63. The van der Waals surface area contributed by atoms with E-state index in [1.165, 1.54) is 24.1 Å². The summed E-state index contributed by atoms with van der Waals surface area (Å²) in [5.41, 5.74) is 2.59. The summed E-state index contributed by atoms with van der Waals surface area (Å²) >= 11 is 0. The minimum atomic E-state index is 0.614. The van der Waals surface area contributed by atoms with Crippen LogP contribution in [0.5, 0.6) is 0 Å². The molecule has 0 heterocycles. The van der Waals surface area contributed by atoms with Crippen LogP contribution in [0.2, 0.25) is 0 Å². The van der Waals surface area contributed by atoms with E-state index < -0.39 is 0 Å². The van der Waals surface area contributed by atoms with E-state index in [0.717, 1.165) is 18.8 Å². The van der Waals surface area contributed by atoms with Gasteiger partial charge in [-0.25, -0.2) is 0 Å². The molecule has 0 bridgehead atoms. The van der Waals surface area contributed by atoms with Gasteiger partial charge >= 0.3 is 0 Å². The van der Waals surface area contributed by atoms with Crippen molar-refractivity contribution in [2.24, 2.45) is 22.9 Å².